The number of nitrogens with one attached hydrogen (secondary N) is 1. The predicted octanol–water partition coefficient (Wildman–Crippen LogP) is 5.26. The van der Waals surface area contributed by atoms with Crippen LogP contribution in [0.4, 0.5) is 5.82 Å². The Hall–Kier alpha value is -3.52. The number of nitrogens with zero attached hydrogens (tertiary/aromatic N) is 3. The number of hydrogen-bond donors (Lipinski definition) is 2. The summed E-state index contributed by atoms with van der Waals surface area (Å²) in [5, 5.41) is 23.3. The monoisotopic (exact) mass is 475 g/mol. The van der Waals surface area contributed by atoms with Crippen molar-refractivity contribution in [3.63, 3.8) is 0 Å². The zero-order valence-corrected chi connectivity index (χ0v) is 19.8. The lowest BCUT2D eigenvalue weighted by Gasteiger charge is -2.14. The number of anilines is 1. The standard InChI is InChI=1S/C25H22ClN5OS/c1-15(2)16-7-9-17(10-8-16)23-19(11-27)24(29)31-25(20(23)12-28)33-14-22(32)30-13-18-5-3-4-6-21(18)26/h3-10,15H,13-14H2,1-2H3,(H2,29,31)(H,30,32). The van der Waals surface area contributed by atoms with Gasteiger partial charge in [-0.25, -0.2) is 4.98 Å². The Morgan fingerprint density at radius 1 is 1.12 bits per heavy atom. The van der Waals surface area contributed by atoms with Crippen LogP contribution in [0.1, 0.15) is 42.0 Å². The van der Waals surface area contributed by atoms with Crippen molar-refractivity contribution in [2.24, 2.45) is 0 Å². The molecule has 1 aromatic heterocycles. The number of nitriles is 2. The van der Waals surface area contributed by atoms with E-state index in [0.717, 1.165) is 22.9 Å². The maximum absolute atomic E-state index is 12.4. The first kappa shape index (κ1) is 24.1. The normalized spacial score (nSPS) is 10.5. The van der Waals surface area contributed by atoms with Gasteiger partial charge in [-0.3, -0.25) is 4.79 Å². The summed E-state index contributed by atoms with van der Waals surface area (Å²) in [6.07, 6.45) is 0. The van der Waals surface area contributed by atoms with Gasteiger partial charge in [-0.2, -0.15) is 10.5 Å². The van der Waals surface area contributed by atoms with E-state index in [2.05, 4.69) is 36.3 Å². The zero-order valence-electron chi connectivity index (χ0n) is 18.2. The third-order valence-corrected chi connectivity index (χ3v) is 6.40. The van der Waals surface area contributed by atoms with Crippen LogP contribution in [0.15, 0.2) is 53.6 Å². The highest BCUT2D eigenvalue weighted by molar-refractivity contribution is 8.00. The van der Waals surface area contributed by atoms with Crippen LogP contribution in [0.2, 0.25) is 5.02 Å². The van der Waals surface area contributed by atoms with Crippen LogP contribution in [0.5, 0.6) is 0 Å². The molecule has 0 radical (unpaired) electrons. The van der Waals surface area contributed by atoms with Crippen molar-refractivity contribution in [3.8, 4) is 23.3 Å². The van der Waals surface area contributed by atoms with Crippen molar-refractivity contribution in [3.05, 3.63) is 75.8 Å². The van der Waals surface area contributed by atoms with E-state index in [1.165, 1.54) is 0 Å². The quantitative estimate of drug-likeness (QED) is 0.450. The van der Waals surface area contributed by atoms with Crippen LogP contribution in [0, 0.1) is 22.7 Å². The van der Waals surface area contributed by atoms with Crippen LogP contribution < -0.4 is 11.1 Å². The van der Waals surface area contributed by atoms with E-state index in [0.29, 0.717) is 33.6 Å². The number of carbonyl (C=O) groups is 1. The van der Waals surface area contributed by atoms with Gasteiger partial charge in [-0.05, 0) is 28.7 Å². The number of hydrogen-bond acceptors (Lipinski definition) is 6. The molecule has 0 aliphatic rings. The highest BCUT2D eigenvalue weighted by Gasteiger charge is 2.21. The van der Waals surface area contributed by atoms with Gasteiger partial charge in [-0.1, -0.05) is 79.7 Å². The summed E-state index contributed by atoms with van der Waals surface area (Å²) < 4.78 is 0. The van der Waals surface area contributed by atoms with Gasteiger partial charge in [0.25, 0.3) is 0 Å². The van der Waals surface area contributed by atoms with E-state index in [1.807, 2.05) is 42.5 Å². The van der Waals surface area contributed by atoms with Gasteiger partial charge in [0.15, 0.2) is 0 Å². The number of aromatic nitrogens is 1. The van der Waals surface area contributed by atoms with E-state index < -0.39 is 0 Å². The molecule has 166 valence electrons. The number of nitrogens with two attached hydrogens (primary N) is 1. The summed E-state index contributed by atoms with van der Waals surface area (Å²) in [5.41, 5.74) is 9.51. The van der Waals surface area contributed by atoms with Crippen LogP contribution >= 0.6 is 23.4 Å². The first-order valence-corrected chi connectivity index (χ1v) is 11.6. The Morgan fingerprint density at radius 2 is 1.79 bits per heavy atom. The fourth-order valence-electron chi connectivity index (χ4n) is 3.25. The molecule has 1 amide bonds. The smallest absolute Gasteiger partial charge is 0.230 e. The molecule has 33 heavy (non-hydrogen) atoms. The van der Waals surface area contributed by atoms with E-state index in [1.54, 1.807) is 6.07 Å². The topological polar surface area (TPSA) is 116 Å². The summed E-state index contributed by atoms with van der Waals surface area (Å²) in [7, 11) is 0. The molecule has 0 atom stereocenters. The molecule has 3 aromatic rings. The first-order valence-electron chi connectivity index (χ1n) is 10.2. The third-order valence-electron chi connectivity index (χ3n) is 5.06. The number of thioether (sulfide) groups is 1. The van der Waals surface area contributed by atoms with Crippen molar-refractivity contribution in [1.82, 2.24) is 10.3 Å². The minimum absolute atomic E-state index is 0.0263. The average molecular weight is 476 g/mol. The molecular formula is C25H22ClN5OS. The zero-order chi connectivity index (χ0) is 24.0. The van der Waals surface area contributed by atoms with Crippen molar-refractivity contribution in [2.45, 2.75) is 31.3 Å². The number of pyridine rings is 1. The number of carbonyl (C=O) groups excluding carboxylic acids is 1. The van der Waals surface area contributed by atoms with Gasteiger partial charge in [0.2, 0.25) is 5.91 Å². The molecule has 1 heterocycles. The van der Waals surface area contributed by atoms with Crippen molar-refractivity contribution in [2.75, 3.05) is 11.5 Å². The molecule has 6 nitrogen and oxygen atoms in total. The van der Waals surface area contributed by atoms with Crippen molar-refractivity contribution < 1.29 is 4.79 Å². The van der Waals surface area contributed by atoms with E-state index in [-0.39, 0.29) is 28.6 Å². The number of rotatable bonds is 7. The minimum Gasteiger partial charge on any atom is -0.383 e. The molecule has 0 saturated carbocycles. The second-order valence-corrected chi connectivity index (χ2v) is 8.96. The van der Waals surface area contributed by atoms with Crippen molar-refractivity contribution in [1.29, 1.82) is 10.5 Å². The van der Waals surface area contributed by atoms with Gasteiger partial charge in [0.05, 0.1) is 11.3 Å². The molecule has 2 aromatic carbocycles. The highest BCUT2D eigenvalue weighted by Crippen LogP contribution is 2.36. The Bertz CT molecular complexity index is 1260. The Kier molecular flexibility index (Phi) is 7.95. The number of amides is 1. The lowest BCUT2D eigenvalue weighted by Crippen LogP contribution is -2.24. The van der Waals surface area contributed by atoms with E-state index in [9.17, 15) is 15.3 Å². The van der Waals surface area contributed by atoms with Crippen LogP contribution in [0.3, 0.4) is 0 Å². The third kappa shape index (κ3) is 5.64. The lowest BCUT2D eigenvalue weighted by molar-refractivity contribution is -0.118. The average Bonchev–Trinajstić information content (AvgIpc) is 2.81. The maximum atomic E-state index is 12.4. The molecule has 0 aliphatic heterocycles. The Labute approximate surface area is 202 Å². The van der Waals surface area contributed by atoms with Gasteiger partial charge in [0.1, 0.15) is 28.5 Å². The molecule has 0 unspecified atom stereocenters. The number of nitrogen functional groups attached to an aromatic ring is 1. The summed E-state index contributed by atoms with van der Waals surface area (Å²) >= 11 is 7.23. The fraction of sp³-hybridized carbons (Fsp3) is 0.200. The molecular weight excluding hydrogens is 454 g/mol. The molecule has 0 aliphatic carbocycles. The van der Waals surface area contributed by atoms with Crippen LogP contribution in [-0.4, -0.2) is 16.6 Å². The van der Waals surface area contributed by atoms with Crippen LogP contribution in [0.25, 0.3) is 11.1 Å². The number of halogens is 1. The minimum atomic E-state index is -0.239. The van der Waals surface area contributed by atoms with Gasteiger partial charge in [0, 0.05) is 17.1 Å². The molecule has 0 bridgehead atoms. The Morgan fingerprint density at radius 3 is 2.39 bits per heavy atom. The van der Waals surface area contributed by atoms with Gasteiger partial charge in [-0.15, -0.1) is 0 Å². The van der Waals surface area contributed by atoms with Gasteiger partial charge >= 0.3 is 0 Å². The van der Waals surface area contributed by atoms with Gasteiger partial charge < -0.3 is 11.1 Å². The van der Waals surface area contributed by atoms with Crippen LogP contribution in [-0.2, 0) is 11.3 Å². The fourth-order valence-corrected chi connectivity index (χ4v) is 4.27. The SMILES string of the molecule is CC(C)c1ccc(-c2c(C#N)c(N)nc(SCC(=O)NCc3ccccc3Cl)c2C#N)cc1. The van der Waals surface area contributed by atoms with Crippen molar-refractivity contribution >= 4 is 35.1 Å². The highest BCUT2D eigenvalue weighted by atomic mass is 35.5. The Balaban J connectivity index is 1.85. The first-order chi connectivity index (χ1) is 15.8. The molecule has 8 heteroatoms. The molecule has 3 rings (SSSR count). The number of benzene rings is 2. The predicted molar refractivity (Wildman–Crippen MR) is 132 cm³/mol. The maximum Gasteiger partial charge on any atom is 0.230 e. The lowest BCUT2D eigenvalue weighted by atomic mass is 9.94. The molecule has 0 spiro atoms. The largest absolute Gasteiger partial charge is 0.383 e. The summed E-state index contributed by atoms with van der Waals surface area (Å²) in [5.74, 6) is 0.168. The van der Waals surface area contributed by atoms with E-state index in [4.69, 9.17) is 17.3 Å². The summed E-state index contributed by atoms with van der Waals surface area (Å²) in [6.45, 7) is 4.47. The second kappa shape index (κ2) is 10.9. The molecule has 0 fully saturated rings. The second-order valence-electron chi connectivity index (χ2n) is 7.58. The molecule has 3 N–H and O–H groups in total. The summed E-state index contributed by atoms with van der Waals surface area (Å²) in [4.78, 5) is 16.6. The van der Waals surface area contributed by atoms with E-state index >= 15 is 0 Å². The summed E-state index contributed by atoms with van der Waals surface area (Å²) in [6, 6.07) is 19.2. The molecule has 0 saturated heterocycles.